The number of benzene rings is 2. The molecule has 146 valence electrons. The highest BCUT2D eigenvalue weighted by molar-refractivity contribution is 7.14. The van der Waals surface area contributed by atoms with Gasteiger partial charge in [0.15, 0.2) is 11.5 Å². The molecule has 2 aromatic carbocycles. The zero-order chi connectivity index (χ0) is 20.2. The van der Waals surface area contributed by atoms with E-state index < -0.39 is 5.63 Å². The van der Waals surface area contributed by atoms with E-state index in [2.05, 4.69) is 15.5 Å². The van der Waals surface area contributed by atoms with Gasteiger partial charge in [0.25, 0.3) is 0 Å². The number of hydrazone groups is 1. The fraction of sp³-hybridized carbons (Fsp3) is 0.0952. The maximum atomic E-state index is 12.3. The van der Waals surface area contributed by atoms with Crippen LogP contribution in [0.5, 0.6) is 11.5 Å². The normalized spacial score (nSPS) is 11.2. The predicted octanol–water partition coefficient (Wildman–Crippen LogP) is 4.47. The van der Waals surface area contributed by atoms with Gasteiger partial charge in [0.05, 0.1) is 24.1 Å². The molecule has 0 spiro atoms. The number of thiazole rings is 1. The lowest BCUT2D eigenvalue weighted by atomic mass is 10.1. The second-order valence-corrected chi connectivity index (χ2v) is 6.91. The van der Waals surface area contributed by atoms with E-state index in [1.165, 1.54) is 11.3 Å². The van der Waals surface area contributed by atoms with E-state index in [-0.39, 0.29) is 5.75 Å². The fourth-order valence-corrected chi connectivity index (χ4v) is 3.39. The van der Waals surface area contributed by atoms with Gasteiger partial charge in [-0.05, 0) is 42.8 Å². The molecular formula is C21H17N3O4S. The van der Waals surface area contributed by atoms with E-state index in [9.17, 15) is 9.90 Å². The Morgan fingerprint density at radius 2 is 2.14 bits per heavy atom. The number of hydrogen-bond donors (Lipinski definition) is 2. The van der Waals surface area contributed by atoms with Crippen molar-refractivity contribution in [2.45, 2.75) is 6.92 Å². The summed E-state index contributed by atoms with van der Waals surface area (Å²) in [5, 5.41) is 17.0. The van der Waals surface area contributed by atoms with Gasteiger partial charge >= 0.3 is 5.63 Å². The quantitative estimate of drug-likeness (QED) is 0.278. The summed E-state index contributed by atoms with van der Waals surface area (Å²) in [7, 11) is 0. The molecule has 0 unspecified atom stereocenters. The van der Waals surface area contributed by atoms with E-state index in [4.69, 9.17) is 9.15 Å². The molecule has 29 heavy (non-hydrogen) atoms. The first-order chi connectivity index (χ1) is 14.1. The summed E-state index contributed by atoms with van der Waals surface area (Å²) in [6.45, 7) is 2.30. The van der Waals surface area contributed by atoms with Crippen molar-refractivity contribution in [3.63, 3.8) is 0 Å². The van der Waals surface area contributed by atoms with Gasteiger partial charge in [-0.15, -0.1) is 11.3 Å². The number of nitrogens with one attached hydrogen (secondary N) is 1. The Morgan fingerprint density at radius 3 is 3.00 bits per heavy atom. The monoisotopic (exact) mass is 407 g/mol. The van der Waals surface area contributed by atoms with Crippen molar-refractivity contribution in [1.82, 2.24) is 4.98 Å². The van der Waals surface area contributed by atoms with Gasteiger partial charge in [-0.2, -0.15) is 5.10 Å². The number of hydrogen-bond acceptors (Lipinski definition) is 8. The van der Waals surface area contributed by atoms with Crippen LogP contribution < -0.4 is 15.8 Å². The Kier molecular flexibility index (Phi) is 5.26. The molecule has 0 fully saturated rings. The van der Waals surface area contributed by atoms with Gasteiger partial charge in [-0.1, -0.05) is 18.2 Å². The number of aromatic hydroxyl groups is 1. The SMILES string of the molecule is CCOc1cc(/C=N\Nc2nc(-c3cc4ccccc4oc3=O)cs2)ccc1O. The third kappa shape index (κ3) is 4.12. The Morgan fingerprint density at radius 1 is 1.28 bits per heavy atom. The van der Waals surface area contributed by atoms with Crippen molar-refractivity contribution in [3.8, 4) is 22.8 Å². The van der Waals surface area contributed by atoms with Crippen molar-refractivity contribution in [3.05, 3.63) is 69.9 Å². The molecule has 0 radical (unpaired) electrons. The number of nitrogens with zero attached hydrogens (tertiary/aromatic N) is 2. The van der Waals surface area contributed by atoms with E-state index in [0.717, 1.165) is 10.9 Å². The lowest BCUT2D eigenvalue weighted by Gasteiger charge is -2.05. The Balaban J connectivity index is 1.52. The second kappa shape index (κ2) is 8.15. The van der Waals surface area contributed by atoms with Gasteiger partial charge in [0.1, 0.15) is 5.58 Å². The lowest BCUT2D eigenvalue weighted by molar-refractivity contribution is 0.318. The largest absolute Gasteiger partial charge is 0.504 e. The third-order valence-electron chi connectivity index (χ3n) is 4.08. The summed E-state index contributed by atoms with van der Waals surface area (Å²) in [6.07, 6.45) is 1.59. The number of fused-ring (bicyclic) bond motifs is 1. The lowest BCUT2D eigenvalue weighted by Crippen LogP contribution is -2.02. The molecule has 2 heterocycles. The van der Waals surface area contributed by atoms with Gasteiger partial charge in [-0.25, -0.2) is 9.78 Å². The maximum Gasteiger partial charge on any atom is 0.345 e. The molecular weight excluding hydrogens is 390 g/mol. The van der Waals surface area contributed by atoms with E-state index in [0.29, 0.717) is 34.3 Å². The number of phenols is 1. The summed E-state index contributed by atoms with van der Waals surface area (Å²) in [5.41, 5.74) is 4.63. The van der Waals surface area contributed by atoms with Crippen molar-refractivity contribution in [2.75, 3.05) is 12.0 Å². The highest BCUT2D eigenvalue weighted by Crippen LogP contribution is 2.27. The molecule has 0 aliphatic rings. The molecule has 7 nitrogen and oxygen atoms in total. The smallest absolute Gasteiger partial charge is 0.345 e. The highest BCUT2D eigenvalue weighted by Gasteiger charge is 2.11. The molecule has 0 saturated carbocycles. The van der Waals surface area contributed by atoms with Crippen LogP contribution in [0.1, 0.15) is 12.5 Å². The standard InChI is InChI=1S/C21H17N3O4S/c1-2-27-19-9-13(7-8-17(19)25)11-22-24-21-23-16(12-29-21)15-10-14-5-3-4-6-18(14)28-20(15)26/h3-12,25H,2H2,1H3,(H,23,24)/b22-11-. The van der Waals surface area contributed by atoms with Gasteiger partial charge in [-0.3, -0.25) is 5.43 Å². The van der Waals surface area contributed by atoms with Gasteiger partial charge in [0, 0.05) is 10.8 Å². The predicted molar refractivity (Wildman–Crippen MR) is 114 cm³/mol. The number of aromatic nitrogens is 1. The third-order valence-corrected chi connectivity index (χ3v) is 4.83. The van der Waals surface area contributed by atoms with Crippen LogP contribution >= 0.6 is 11.3 Å². The molecule has 0 aliphatic carbocycles. The van der Waals surface area contributed by atoms with Crippen LogP contribution in [-0.4, -0.2) is 22.9 Å². The minimum atomic E-state index is -0.434. The molecule has 0 saturated heterocycles. The van der Waals surface area contributed by atoms with Crippen LogP contribution in [0.4, 0.5) is 5.13 Å². The second-order valence-electron chi connectivity index (χ2n) is 6.05. The van der Waals surface area contributed by atoms with Crippen LogP contribution in [0.25, 0.3) is 22.2 Å². The summed E-state index contributed by atoms with van der Waals surface area (Å²) in [6, 6.07) is 14.1. The Bertz CT molecular complexity index is 1250. The molecule has 0 amide bonds. The van der Waals surface area contributed by atoms with E-state index in [1.54, 1.807) is 41.9 Å². The minimum Gasteiger partial charge on any atom is -0.504 e. The Hall–Kier alpha value is -3.65. The van der Waals surface area contributed by atoms with Crippen molar-refractivity contribution >= 4 is 33.7 Å². The topological polar surface area (TPSA) is 97.0 Å². The molecule has 8 heteroatoms. The van der Waals surface area contributed by atoms with Crippen molar-refractivity contribution < 1.29 is 14.3 Å². The highest BCUT2D eigenvalue weighted by atomic mass is 32.1. The average molecular weight is 407 g/mol. The van der Waals surface area contributed by atoms with Crippen molar-refractivity contribution in [1.29, 1.82) is 0 Å². The number of ether oxygens (including phenoxy) is 1. The zero-order valence-corrected chi connectivity index (χ0v) is 16.3. The number of anilines is 1. The van der Waals surface area contributed by atoms with Gasteiger partial charge in [0.2, 0.25) is 5.13 Å². The van der Waals surface area contributed by atoms with Crippen LogP contribution in [0, 0.1) is 0 Å². The summed E-state index contributed by atoms with van der Waals surface area (Å²) in [4.78, 5) is 16.7. The summed E-state index contributed by atoms with van der Waals surface area (Å²) >= 11 is 1.33. The first kappa shape index (κ1) is 18.7. The van der Waals surface area contributed by atoms with E-state index >= 15 is 0 Å². The fourth-order valence-electron chi connectivity index (χ4n) is 2.73. The zero-order valence-electron chi connectivity index (χ0n) is 15.5. The maximum absolute atomic E-state index is 12.3. The number of rotatable bonds is 6. The minimum absolute atomic E-state index is 0.0794. The molecule has 0 aliphatic heterocycles. The molecule has 4 rings (SSSR count). The first-order valence-electron chi connectivity index (χ1n) is 8.87. The Labute approximate surface area is 169 Å². The average Bonchev–Trinajstić information content (AvgIpc) is 3.18. The summed E-state index contributed by atoms with van der Waals surface area (Å²) in [5.74, 6) is 0.478. The van der Waals surface area contributed by atoms with Crippen LogP contribution in [-0.2, 0) is 0 Å². The van der Waals surface area contributed by atoms with Gasteiger partial charge < -0.3 is 14.3 Å². The summed E-state index contributed by atoms with van der Waals surface area (Å²) < 4.78 is 10.7. The number of para-hydroxylation sites is 1. The van der Waals surface area contributed by atoms with Crippen LogP contribution in [0.2, 0.25) is 0 Å². The molecule has 4 aromatic rings. The molecule has 2 N–H and O–H groups in total. The molecule has 0 atom stereocenters. The van der Waals surface area contributed by atoms with E-state index in [1.807, 2.05) is 25.1 Å². The van der Waals surface area contributed by atoms with Crippen LogP contribution in [0.3, 0.4) is 0 Å². The van der Waals surface area contributed by atoms with Crippen molar-refractivity contribution in [2.24, 2.45) is 5.10 Å². The van der Waals surface area contributed by atoms with Crippen LogP contribution in [0.15, 0.2) is 68.2 Å². The molecule has 2 aromatic heterocycles. The molecule has 0 bridgehead atoms. The number of phenolic OH excluding ortho intramolecular Hbond substituents is 1. The first-order valence-corrected chi connectivity index (χ1v) is 9.75.